The van der Waals surface area contributed by atoms with E-state index in [9.17, 15) is 9.59 Å². The van der Waals surface area contributed by atoms with E-state index in [2.05, 4.69) is 5.32 Å². The van der Waals surface area contributed by atoms with Crippen LogP contribution >= 0.6 is 0 Å². The molecule has 1 aromatic carbocycles. The Morgan fingerprint density at radius 2 is 1.95 bits per heavy atom. The van der Waals surface area contributed by atoms with Crippen LogP contribution in [0.3, 0.4) is 0 Å². The largest absolute Gasteiger partial charge is 0.479 e. The van der Waals surface area contributed by atoms with E-state index < -0.39 is 23.3 Å². The number of nitrogens with one attached hydrogen (secondary N) is 1. The van der Waals surface area contributed by atoms with Crippen molar-refractivity contribution >= 4 is 11.8 Å². The number of Topliss-reactive ketones (excluding diaryl/α,β-unsaturated/α-hetero) is 1. The zero-order chi connectivity index (χ0) is 15.2. The van der Waals surface area contributed by atoms with Gasteiger partial charge in [-0.2, -0.15) is 0 Å². The summed E-state index contributed by atoms with van der Waals surface area (Å²) in [6.45, 7) is 1.86. The van der Waals surface area contributed by atoms with Gasteiger partial charge in [0.15, 0.2) is 11.3 Å². The Morgan fingerprint density at radius 1 is 1.35 bits per heavy atom. The highest BCUT2D eigenvalue weighted by Crippen LogP contribution is 2.07. The molecule has 0 aliphatic carbocycles. The molecule has 0 spiro atoms. The second-order valence-corrected chi connectivity index (χ2v) is 4.80. The molecule has 6 N–H and O–H groups in total. The number of rotatable bonds is 8. The third kappa shape index (κ3) is 3.86. The quantitative estimate of drug-likeness (QED) is 0.377. The molecule has 0 bridgehead atoms. The van der Waals surface area contributed by atoms with Gasteiger partial charge in [-0.15, -0.1) is 0 Å². The lowest BCUT2D eigenvalue weighted by molar-refractivity contribution is -0.148. The number of carbonyl (C=O) groups excluding carboxylic acids is 1. The summed E-state index contributed by atoms with van der Waals surface area (Å²) >= 11 is 0. The van der Waals surface area contributed by atoms with Gasteiger partial charge in [0.1, 0.15) is 0 Å². The first-order valence-corrected chi connectivity index (χ1v) is 6.44. The van der Waals surface area contributed by atoms with E-state index in [0.717, 1.165) is 12.0 Å². The first-order chi connectivity index (χ1) is 9.39. The van der Waals surface area contributed by atoms with Crippen molar-refractivity contribution in [2.75, 3.05) is 13.1 Å². The van der Waals surface area contributed by atoms with E-state index >= 15 is 0 Å². The molecule has 0 aromatic heterocycles. The van der Waals surface area contributed by atoms with E-state index in [1.54, 1.807) is 0 Å². The van der Waals surface area contributed by atoms with Gasteiger partial charge in [0, 0.05) is 6.04 Å². The van der Waals surface area contributed by atoms with Crippen molar-refractivity contribution in [1.29, 1.82) is 0 Å². The van der Waals surface area contributed by atoms with Gasteiger partial charge in [-0.3, -0.25) is 4.79 Å². The second kappa shape index (κ2) is 7.14. The van der Waals surface area contributed by atoms with Gasteiger partial charge >= 0.3 is 5.97 Å². The van der Waals surface area contributed by atoms with E-state index in [-0.39, 0.29) is 6.54 Å². The lowest BCUT2D eigenvalue weighted by Crippen LogP contribution is -2.66. The molecule has 0 heterocycles. The van der Waals surface area contributed by atoms with Gasteiger partial charge in [-0.1, -0.05) is 30.3 Å². The lowest BCUT2D eigenvalue weighted by atomic mass is 9.88. The summed E-state index contributed by atoms with van der Waals surface area (Å²) in [5.74, 6) is -2.02. The lowest BCUT2D eigenvalue weighted by Gasteiger charge is -2.27. The van der Waals surface area contributed by atoms with Crippen LogP contribution in [0.1, 0.15) is 12.5 Å². The van der Waals surface area contributed by atoms with Gasteiger partial charge in [-0.05, 0) is 25.5 Å². The minimum Gasteiger partial charge on any atom is -0.479 e. The van der Waals surface area contributed by atoms with Gasteiger partial charge in [0.25, 0.3) is 0 Å². The standard InChI is InChI=1S/C14H21N3O3/c1-10(15)14(16,13(19)20)12(18)9-17-8-7-11-5-3-2-4-6-11/h2-6,10,17H,7-9,15-16H2,1H3,(H,19,20). The molecule has 110 valence electrons. The fourth-order valence-electron chi connectivity index (χ4n) is 1.79. The molecule has 1 aromatic rings. The third-order valence-electron chi connectivity index (χ3n) is 3.25. The zero-order valence-corrected chi connectivity index (χ0v) is 11.5. The van der Waals surface area contributed by atoms with E-state index in [4.69, 9.17) is 16.6 Å². The SMILES string of the molecule is CC(N)C(N)(C(=O)O)C(=O)CNCCc1ccccc1. The Morgan fingerprint density at radius 3 is 2.45 bits per heavy atom. The Kier molecular flexibility index (Phi) is 5.82. The highest BCUT2D eigenvalue weighted by molar-refractivity contribution is 6.09. The molecule has 0 saturated heterocycles. The summed E-state index contributed by atoms with van der Waals surface area (Å²) in [6.07, 6.45) is 0.747. The van der Waals surface area contributed by atoms with Crippen molar-refractivity contribution in [1.82, 2.24) is 5.32 Å². The number of carbonyl (C=O) groups is 2. The van der Waals surface area contributed by atoms with E-state index in [0.29, 0.717) is 6.54 Å². The van der Waals surface area contributed by atoms with Crippen molar-refractivity contribution in [3.8, 4) is 0 Å². The molecule has 6 nitrogen and oxygen atoms in total. The van der Waals surface area contributed by atoms with Gasteiger partial charge in [0.05, 0.1) is 6.54 Å². The van der Waals surface area contributed by atoms with Gasteiger partial charge in [0.2, 0.25) is 0 Å². The molecule has 0 aliphatic heterocycles. The molecule has 20 heavy (non-hydrogen) atoms. The topological polar surface area (TPSA) is 118 Å². The summed E-state index contributed by atoms with van der Waals surface area (Å²) in [4.78, 5) is 23.0. The van der Waals surface area contributed by atoms with Crippen LogP contribution in [0.4, 0.5) is 0 Å². The molecule has 0 aliphatic rings. The summed E-state index contributed by atoms with van der Waals surface area (Å²) in [7, 11) is 0. The molecule has 0 radical (unpaired) electrons. The van der Waals surface area contributed by atoms with Crippen molar-refractivity contribution in [3.63, 3.8) is 0 Å². The number of carboxylic acids is 1. The second-order valence-electron chi connectivity index (χ2n) is 4.80. The average molecular weight is 279 g/mol. The summed E-state index contributed by atoms with van der Waals surface area (Å²) < 4.78 is 0. The molecular formula is C14H21N3O3. The maximum absolute atomic E-state index is 11.9. The Labute approximate surface area is 118 Å². The maximum atomic E-state index is 11.9. The molecule has 2 unspecified atom stereocenters. The molecule has 0 amide bonds. The van der Waals surface area contributed by atoms with Crippen molar-refractivity contribution < 1.29 is 14.7 Å². The van der Waals surface area contributed by atoms with Crippen molar-refractivity contribution in [2.24, 2.45) is 11.5 Å². The zero-order valence-electron chi connectivity index (χ0n) is 11.5. The highest BCUT2D eigenvalue weighted by Gasteiger charge is 2.44. The average Bonchev–Trinajstić information content (AvgIpc) is 2.43. The monoisotopic (exact) mass is 279 g/mol. The number of ketones is 1. The molecule has 0 fully saturated rings. The minimum atomic E-state index is -2.04. The van der Waals surface area contributed by atoms with E-state index in [1.807, 2.05) is 30.3 Å². The Hall–Kier alpha value is -1.76. The van der Waals surface area contributed by atoms with Crippen LogP contribution in [-0.2, 0) is 16.0 Å². The Bertz CT molecular complexity index is 462. The van der Waals surface area contributed by atoms with Crippen LogP contribution in [0.25, 0.3) is 0 Å². The summed E-state index contributed by atoms with van der Waals surface area (Å²) in [5.41, 5.74) is 10.2. The van der Waals surface area contributed by atoms with E-state index in [1.165, 1.54) is 6.92 Å². The van der Waals surface area contributed by atoms with Crippen LogP contribution in [0.15, 0.2) is 30.3 Å². The normalized spacial score (nSPS) is 15.3. The van der Waals surface area contributed by atoms with Gasteiger partial charge < -0.3 is 21.9 Å². The van der Waals surface area contributed by atoms with Crippen LogP contribution in [-0.4, -0.2) is 41.5 Å². The van der Waals surface area contributed by atoms with Crippen LogP contribution < -0.4 is 16.8 Å². The third-order valence-corrected chi connectivity index (χ3v) is 3.25. The Balaban J connectivity index is 2.45. The first-order valence-electron chi connectivity index (χ1n) is 6.44. The molecular weight excluding hydrogens is 258 g/mol. The van der Waals surface area contributed by atoms with Gasteiger partial charge in [-0.25, -0.2) is 4.79 Å². The fourth-order valence-corrected chi connectivity index (χ4v) is 1.79. The number of hydrogen-bond acceptors (Lipinski definition) is 5. The smallest absolute Gasteiger partial charge is 0.333 e. The predicted molar refractivity (Wildman–Crippen MR) is 76.2 cm³/mol. The summed E-state index contributed by atoms with van der Waals surface area (Å²) in [6, 6.07) is 8.81. The molecule has 6 heteroatoms. The maximum Gasteiger partial charge on any atom is 0.333 e. The molecule has 0 saturated carbocycles. The predicted octanol–water partition coefficient (Wildman–Crippen LogP) is -0.483. The number of benzene rings is 1. The van der Waals surface area contributed by atoms with Crippen LogP contribution in [0.5, 0.6) is 0 Å². The number of hydrogen-bond donors (Lipinski definition) is 4. The molecule has 1 rings (SSSR count). The van der Waals surface area contributed by atoms with Crippen molar-refractivity contribution in [3.05, 3.63) is 35.9 Å². The first kappa shape index (κ1) is 16.3. The van der Waals surface area contributed by atoms with Crippen LogP contribution in [0.2, 0.25) is 0 Å². The minimum absolute atomic E-state index is 0.114. The number of nitrogens with two attached hydrogens (primary N) is 2. The highest BCUT2D eigenvalue weighted by atomic mass is 16.4. The number of carboxylic acid groups (broad SMARTS) is 1. The summed E-state index contributed by atoms with van der Waals surface area (Å²) in [5, 5.41) is 12.0. The molecule has 2 atom stereocenters. The van der Waals surface area contributed by atoms with Crippen molar-refractivity contribution in [2.45, 2.75) is 24.9 Å². The van der Waals surface area contributed by atoms with Crippen LogP contribution in [0, 0.1) is 0 Å². The fraction of sp³-hybridized carbons (Fsp3) is 0.429. The number of aliphatic carboxylic acids is 1.